The fourth-order valence-corrected chi connectivity index (χ4v) is 8.12. The van der Waals surface area contributed by atoms with Crippen LogP contribution in [-0.2, 0) is 23.1 Å². The largest absolute Gasteiger partial charge is 0.504 e. The fourth-order valence-electron chi connectivity index (χ4n) is 8.12. The summed E-state index contributed by atoms with van der Waals surface area (Å²) in [6, 6.07) is 11.0. The molecule has 2 aromatic rings. The van der Waals surface area contributed by atoms with E-state index < -0.39 is 17.1 Å². The molecule has 5 atom stereocenters. The van der Waals surface area contributed by atoms with E-state index in [1.807, 2.05) is 42.2 Å². The molecule has 7 rings (SSSR count). The van der Waals surface area contributed by atoms with E-state index in [4.69, 9.17) is 10.5 Å². The number of hydrogen-bond acceptors (Lipinski definition) is 6. The van der Waals surface area contributed by atoms with Crippen LogP contribution in [0.4, 0.5) is 5.69 Å². The van der Waals surface area contributed by atoms with Crippen LogP contribution in [0.2, 0.25) is 0 Å². The third kappa shape index (κ3) is 3.16. The highest BCUT2D eigenvalue weighted by molar-refractivity contribution is 5.79. The molecule has 2 aliphatic heterocycles. The Balaban J connectivity index is 1.27. The predicted octanol–water partition coefficient (Wildman–Crippen LogP) is 2.77. The van der Waals surface area contributed by atoms with E-state index in [9.17, 15) is 15.0 Å². The van der Waals surface area contributed by atoms with Crippen LogP contribution in [0.15, 0.2) is 48.6 Å². The van der Waals surface area contributed by atoms with Gasteiger partial charge in [-0.25, -0.2) is 0 Å². The standard InChI is InChI=1S/C30H35N3O4/c1-2-33(25(35)15-18-5-8-21(31)9-6-18)22-11-12-30(36)24-16-20-7-10-23(34)27-26(20)29(30,28(22)37-27)13-14-32(24)17-19-3-4-19/h3-10,19,22,24,28,34,36H,2,11-17,31H2,1H3/t22-,24+,28-,29-,30?/m0/s1. The molecule has 3 aliphatic carbocycles. The highest BCUT2D eigenvalue weighted by Gasteiger charge is 2.73. The number of carbonyl (C=O) groups is 1. The zero-order chi connectivity index (χ0) is 25.5. The molecule has 2 heterocycles. The number of amides is 1. The number of hydrogen-bond donors (Lipinski definition) is 3. The van der Waals surface area contributed by atoms with E-state index in [1.165, 1.54) is 0 Å². The highest BCUT2D eigenvalue weighted by Crippen LogP contribution is 2.66. The minimum absolute atomic E-state index is 0.000696. The fraction of sp³-hybridized carbons (Fsp3) is 0.500. The highest BCUT2D eigenvalue weighted by atomic mass is 16.5. The Kier molecular flexibility index (Phi) is 4.99. The number of rotatable bonds is 6. The lowest BCUT2D eigenvalue weighted by Crippen LogP contribution is -2.78. The van der Waals surface area contributed by atoms with Gasteiger partial charge in [-0.15, -0.1) is 0 Å². The Hall–Kier alpha value is -3.03. The van der Waals surface area contributed by atoms with Gasteiger partial charge in [0.05, 0.1) is 23.5 Å². The number of aromatic hydroxyl groups is 1. The van der Waals surface area contributed by atoms with Crippen LogP contribution in [0.1, 0.15) is 42.9 Å². The van der Waals surface area contributed by atoms with Gasteiger partial charge in [0.15, 0.2) is 11.5 Å². The number of likely N-dealkylation sites (N-methyl/N-ethyl adjacent to an activating group) is 1. The van der Waals surface area contributed by atoms with Gasteiger partial charge in [0.25, 0.3) is 0 Å². The Morgan fingerprint density at radius 3 is 2.70 bits per heavy atom. The zero-order valence-electron chi connectivity index (χ0n) is 21.3. The Morgan fingerprint density at radius 2 is 1.97 bits per heavy atom. The first kappa shape index (κ1) is 23.1. The first-order valence-corrected chi connectivity index (χ1v) is 13.7. The number of carbonyl (C=O) groups excluding carboxylic acids is 1. The molecule has 4 N–H and O–H groups in total. The topological polar surface area (TPSA) is 99.3 Å². The molecule has 1 unspecified atom stereocenters. The van der Waals surface area contributed by atoms with Crippen molar-refractivity contribution in [2.75, 3.05) is 25.4 Å². The summed E-state index contributed by atoms with van der Waals surface area (Å²) in [7, 11) is 0. The second-order valence-electron chi connectivity index (χ2n) is 11.6. The van der Waals surface area contributed by atoms with Gasteiger partial charge in [0.2, 0.25) is 5.91 Å². The molecule has 5 aliphatic rings. The lowest BCUT2D eigenvalue weighted by Gasteiger charge is -2.65. The number of likely N-dealkylation sites (tertiary alicyclic amines) is 1. The molecule has 1 amide bonds. The molecular weight excluding hydrogens is 466 g/mol. The van der Waals surface area contributed by atoms with Crippen molar-refractivity contribution >= 4 is 11.6 Å². The number of anilines is 1. The van der Waals surface area contributed by atoms with Crippen molar-refractivity contribution in [1.29, 1.82) is 0 Å². The number of aliphatic hydroxyl groups is 1. The van der Waals surface area contributed by atoms with Crippen LogP contribution in [0.25, 0.3) is 0 Å². The summed E-state index contributed by atoms with van der Waals surface area (Å²) in [5.41, 5.74) is 8.00. The summed E-state index contributed by atoms with van der Waals surface area (Å²) in [6.45, 7) is 4.39. The smallest absolute Gasteiger partial charge is 0.227 e. The van der Waals surface area contributed by atoms with Crippen LogP contribution in [0, 0.1) is 5.92 Å². The molecule has 7 heteroatoms. The maximum absolute atomic E-state index is 13.7. The average molecular weight is 502 g/mol. The molecule has 1 spiro atoms. The number of phenolic OH excluding ortho intramolecular Hbond substituents is 1. The molecule has 37 heavy (non-hydrogen) atoms. The van der Waals surface area contributed by atoms with Gasteiger partial charge in [0, 0.05) is 36.3 Å². The van der Waals surface area contributed by atoms with E-state index in [1.54, 1.807) is 6.07 Å². The number of ether oxygens (including phenoxy) is 1. The maximum Gasteiger partial charge on any atom is 0.227 e. The van der Waals surface area contributed by atoms with Crippen molar-refractivity contribution in [3.8, 4) is 11.5 Å². The maximum atomic E-state index is 13.7. The van der Waals surface area contributed by atoms with Crippen LogP contribution in [-0.4, -0.2) is 69.3 Å². The van der Waals surface area contributed by atoms with Crippen molar-refractivity contribution in [2.24, 2.45) is 5.92 Å². The molecule has 2 bridgehead atoms. The van der Waals surface area contributed by atoms with Gasteiger partial charge in [-0.05, 0) is 68.5 Å². The monoisotopic (exact) mass is 501 g/mol. The minimum atomic E-state index is -0.966. The van der Waals surface area contributed by atoms with E-state index in [0.717, 1.165) is 42.6 Å². The van der Waals surface area contributed by atoms with Crippen LogP contribution < -0.4 is 10.5 Å². The minimum Gasteiger partial charge on any atom is -0.504 e. The molecular formula is C30H35N3O4. The normalized spacial score (nSPS) is 33.1. The summed E-state index contributed by atoms with van der Waals surface area (Å²) >= 11 is 0. The van der Waals surface area contributed by atoms with Gasteiger partial charge in [0.1, 0.15) is 6.10 Å². The van der Waals surface area contributed by atoms with Crippen LogP contribution in [0.3, 0.4) is 0 Å². The molecule has 0 radical (unpaired) electrons. The Bertz CT molecular complexity index is 1290. The SMILES string of the molecule is CCN(C(=O)Cc1ccc(N)cc1)[C@H]1CCC2(O)[C@H]3Cc4ccc(O)c5c4[C@@]2(CCN3CC2C=C2)[C@H]1O5. The summed E-state index contributed by atoms with van der Waals surface area (Å²) in [5, 5.41) is 23.5. The third-order valence-electron chi connectivity index (χ3n) is 9.85. The van der Waals surface area contributed by atoms with Crippen molar-refractivity contribution in [3.63, 3.8) is 0 Å². The molecule has 2 fully saturated rings. The third-order valence-corrected chi connectivity index (χ3v) is 9.85. The lowest BCUT2D eigenvalue weighted by atomic mass is 9.48. The number of nitrogen functional groups attached to an aromatic ring is 1. The first-order valence-electron chi connectivity index (χ1n) is 13.7. The van der Waals surface area contributed by atoms with E-state index in [0.29, 0.717) is 43.2 Å². The van der Waals surface area contributed by atoms with Crippen molar-refractivity contribution in [1.82, 2.24) is 9.80 Å². The zero-order valence-corrected chi connectivity index (χ0v) is 21.3. The number of nitrogens with zero attached hydrogens (tertiary/aromatic N) is 2. The Morgan fingerprint density at radius 1 is 1.19 bits per heavy atom. The molecule has 0 aromatic heterocycles. The molecule has 2 aromatic carbocycles. The summed E-state index contributed by atoms with van der Waals surface area (Å²) in [5.74, 6) is 1.20. The summed E-state index contributed by atoms with van der Waals surface area (Å²) < 4.78 is 6.66. The van der Waals surface area contributed by atoms with Gasteiger partial charge in [-0.3, -0.25) is 9.69 Å². The van der Waals surface area contributed by atoms with Gasteiger partial charge in [-0.2, -0.15) is 0 Å². The number of nitrogens with two attached hydrogens (primary N) is 1. The van der Waals surface area contributed by atoms with E-state index in [-0.39, 0.29) is 23.7 Å². The Labute approximate surface area is 217 Å². The number of benzene rings is 2. The first-order chi connectivity index (χ1) is 17.9. The predicted molar refractivity (Wildman–Crippen MR) is 140 cm³/mol. The van der Waals surface area contributed by atoms with Crippen LogP contribution >= 0.6 is 0 Å². The second-order valence-corrected chi connectivity index (χ2v) is 11.6. The van der Waals surface area contributed by atoms with Gasteiger partial charge >= 0.3 is 0 Å². The van der Waals surface area contributed by atoms with Gasteiger partial charge < -0.3 is 25.6 Å². The molecule has 1 saturated heterocycles. The van der Waals surface area contributed by atoms with E-state index >= 15 is 0 Å². The quantitative estimate of drug-likeness (QED) is 0.416. The van der Waals surface area contributed by atoms with Crippen molar-refractivity contribution in [2.45, 2.75) is 68.2 Å². The van der Waals surface area contributed by atoms with E-state index in [2.05, 4.69) is 17.1 Å². The number of piperidine rings is 1. The van der Waals surface area contributed by atoms with Crippen molar-refractivity contribution < 1.29 is 19.7 Å². The lowest BCUT2D eigenvalue weighted by molar-refractivity contribution is -0.201. The van der Waals surface area contributed by atoms with Gasteiger partial charge in [-0.1, -0.05) is 30.4 Å². The molecule has 1 saturated carbocycles. The number of phenols is 1. The average Bonchev–Trinajstić information content (AvgIpc) is 3.62. The van der Waals surface area contributed by atoms with Crippen molar-refractivity contribution in [3.05, 3.63) is 65.2 Å². The second kappa shape index (κ2) is 7.98. The molecule has 194 valence electrons. The summed E-state index contributed by atoms with van der Waals surface area (Å²) in [4.78, 5) is 18.1. The molecule has 7 nitrogen and oxygen atoms in total. The van der Waals surface area contributed by atoms with Crippen LogP contribution in [0.5, 0.6) is 11.5 Å². The summed E-state index contributed by atoms with van der Waals surface area (Å²) in [6.07, 6.45) is 7.13.